The lowest BCUT2D eigenvalue weighted by Crippen LogP contribution is -2.39. The van der Waals surface area contributed by atoms with E-state index in [1.54, 1.807) is 0 Å². The molecule has 1 heterocycles. The van der Waals surface area contributed by atoms with Crippen LogP contribution in [0.4, 0.5) is 5.00 Å². The standard InChI is InChI=1S/C9H7N3O3S2/c1-2-3-10-9(16)11-8(13)6-4-7(12(14)15)17-5-6/h1,4-5H,3H2,(H2,10,11,13,16). The first-order valence-corrected chi connectivity index (χ1v) is 5.59. The van der Waals surface area contributed by atoms with Crippen molar-refractivity contribution < 1.29 is 9.72 Å². The van der Waals surface area contributed by atoms with Crippen LogP contribution in [-0.4, -0.2) is 22.5 Å². The third-order valence-corrected chi connectivity index (χ3v) is 2.73. The zero-order valence-electron chi connectivity index (χ0n) is 8.43. The molecule has 8 heteroatoms. The third-order valence-electron chi connectivity index (χ3n) is 1.61. The topological polar surface area (TPSA) is 84.3 Å². The molecular formula is C9H7N3O3S2. The lowest BCUT2D eigenvalue weighted by molar-refractivity contribution is -0.380. The molecule has 88 valence electrons. The van der Waals surface area contributed by atoms with Crippen molar-refractivity contribution in [2.24, 2.45) is 0 Å². The van der Waals surface area contributed by atoms with Gasteiger partial charge in [0.25, 0.3) is 5.91 Å². The molecule has 0 fully saturated rings. The SMILES string of the molecule is C#CCNC(=S)NC(=O)c1csc([N+](=O)[O-])c1. The average molecular weight is 269 g/mol. The Hall–Kier alpha value is -1.98. The molecule has 0 aromatic carbocycles. The van der Waals surface area contributed by atoms with Crippen LogP contribution in [0, 0.1) is 22.5 Å². The van der Waals surface area contributed by atoms with Crippen LogP contribution in [-0.2, 0) is 0 Å². The normalized spacial score (nSPS) is 9.12. The molecule has 0 unspecified atom stereocenters. The fraction of sp³-hybridized carbons (Fsp3) is 0.111. The van der Waals surface area contributed by atoms with Crippen LogP contribution in [0.15, 0.2) is 11.4 Å². The van der Waals surface area contributed by atoms with E-state index in [0.29, 0.717) is 0 Å². The molecule has 1 amide bonds. The van der Waals surface area contributed by atoms with Gasteiger partial charge in [-0.25, -0.2) is 0 Å². The van der Waals surface area contributed by atoms with Gasteiger partial charge in [0.05, 0.1) is 17.0 Å². The number of nitrogens with zero attached hydrogens (tertiary/aromatic N) is 1. The maximum absolute atomic E-state index is 11.5. The lowest BCUT2D eigenvalue weighted by atomic mass is 10.3. The van der Waals surface area contributed by atoms with Crippen LogP contribution >= 0.6 is 23.6 Å². The number of rotatable bonds is 3. The Balaban J connectivity index is 2.61. The summed E-state index contributed by atoms with van der Waals surface area (Å²) in [6, 6.07) is 1.18. The Labute approximate surface area is 106 Å². The van der Waals surface area contributed by atoms with Crippen LogP contribution in [0.1, 0.15) is 10.4 Å². The average Bonchev–Trinajstić information content (AvgIpc) is 2.75. The molecule has 6 nitrogen and oxygen atoms in total. The zero-order valence-corrected chi connectivity index (χ0v) is 10.1. The Morgan fingerprint density at radius 2 is 2.41 bits per heavy atom. The number of hydrogen-bond acceptors (Lipinski definition) is 5. The summed E-state index contributed by atoms with van der Waals surface area (Å²) in [5, 5.41) is 16.7. The first-order valence-electron chi connectivity index (χ1n) is 4.30. The Kier molecular flexibility index (Phi) is 4.56. The summed E-state index contributed by atoms with van der Waals surface area (Å²) >= 11 is 5.66. The molecule has 0 aliphatic carbocycles. The first kappa shape index (κ1) is 13.1. The van der Waals surface area contributed by atoms with Crippen molar-refractivity contribution in [2.45, 2.75) is 0 Å². The summed E-state index contributed by atoms with van der Waals surface area (Å²) in [7, 11) is 0. The van der Waals surface area contributed by atoms with E-state index >= 15 is 0 Å². The predicted molar refractivity (Wildman–Crippen MR) is 67.9 cm³/mol. The number of thiophene rings is 1. The van der Waals surface area contributed by atoms with Gasteiger partial charge in [-0.15, -0.1) is 6.42 Å². The molecule has 0 atom stereocenters. The summed E-state index contributed by atoms with van der Waals surface area (Å²) in [4.78, 5) is 21.4. The van der Waals surface area contributed by atoms with Gasteiger partial charge in [0.2, 0.25) is 0 Å². The van der Waals surface area contributed by atoms with Crippen molar-refractivity contribution in [2.75, 3.05) is 6.54 Å². The second-order valence-electron chi connectivity index (χ2n) is 2.77. The van der Waals surface area contributed by atoms with E-state index in [4.69, 9.17) is 18.6 Å². The highest BCUT2D eigenvalue weighted by molar-refractivity contribution is 7.80. The summed E-state index contributed by atoms with van der Waals surface area (Å²) < 4.78 is 0. The molecule has 0 spiro atoms. The van der Waals surface area contributed by atoms with Crippen molar-refractivity contribution in [1.82, 2.24) is 10.6 Å². The molecule has 1 rings (SSSR count). The highest BCUT2D eigenvalue weighted by Crippen LogP contribution is 2.22. The highest BCUT2D eigenvalue weighted by Gasteiger charge is 2.15. The van der Waals surface area contributed by atoms with Gasteiger partial charge >= 0.3 is 5.00 Å². The lowest BCUT2D eigenvalue weighted by Gasteiger charge is -2.05. The van der Waals surface area contributed by atoms with Gasteiger partial charge in [-0.2, -0.15) is 0 Å². The summed E-state index contributed by atoms with van der Waals surface area (Å²) in [5.74, 6) is 1.78. The quantitative estimate of drug-likeness (QED) is 0.368. The Morgan fingerprint density at radius 3 is 2.94 bits per heavy atom. The number of nitrogens with one attached hydrogen (secondary N) is 2. The van der Waals surface area contributed by atoms with Gasteiger partial charge in [-0.1, -0.05) is 17.3 Å². The molecule has 0 saturated carbocycles. The van der Waals surface area contributed by atoms with E-state index < -0.39 is 10.8 Å². The van der Waals surface area contributed by atoms with Crippen molar-refractivity contribution in [3.8, 4) is 12.3 Å². The smallest absolute Gasteiger partial charge is 0.324 e. The van der Waals surface area contributed by atoms with Gasteiger partial charge in [0.15, 0.2) is 5.11 Å². The minimum atomic E-state index is -0.559. The number of nitro groups is 1. The molecule has 1 aromatic rings. The fourth-order valence-electron chi connectivity index (χ4n) is 0.891. The van der Waals surface area contributed by atoms with Crippen LogP contribution in [0.2, 0.25) is 0 Å². The van der Waals surface area contributed by atoms with Crippen molar-refractivity contribution in [1.29, 1.82) is 0 Å². The second kappa shape index (κ2) is 5.93. The number of thiocarbonyl (C=S) groups is 1. The zero-order chi connectivity index (χ0) is 12.8. The van der Waals surface area contributed by atoms with E-state index in [9.17, 15) is 14.9 Å². The van der Waals surface area contributed by atoms with Gasteiger partial charge in [0.1, 0.15) is 0 Å². The maximum atomic E-state index is 11.5. The monoisotopic (exact) mass is 269 g/mol. The number of amides is 1. The number of terminal acetylenes is 1. The van der Waals surface area contributed by atoms with Gasteiger partial charge < -0.3 is 5.32 Å². The van der Waals surface area contributed by atoms with Gasteiger partial charge in [-0.3, -0.25) is 20.2 Å². The maximum Gasteiger partial charge on any atom is 0.324 e. The number of carbonyl (C=O) groups is 1. The van der Waals surface area contributed by atoms with Crippen LogP contribution < -0.4 is 10.6 Å². The van der Waals surface area contributed by atoms with Crippen LogP contribution in [0.3, 0.4) is 0 Å². The minimum absolute atomic E-state index is 0.0850. The molecule has 0 radical (unpaired) electrons. The van der Waals surface area contributed by atoms with E-state index in [1.165, 1.54) is 11.4 Å². The summed E-state index contributed by atoms with van der Waals surface area (Å²) in [6.45, 7) is 0.197. The van der Waals surface area contributed by atoms with E-state index in [-0.39, 0.29) is 22.2 Å². The van der Waals surface area contributed by atoms with Crippen molar-refractivity contribution in [3.05, 3.63) is 27.1 Å². The third kappa shape index (κ3) is 3.82. The van der Waals surface area contributed by atoms with E-state index in [0.717, 1.165) is 11.3 Å². The largest absolute Gasteiger partial charge is 0.351 e. The molecule has 0 aliphatic heterocycles. The first-order chi connectivity index (χ1) is 8.04. The van der Waals surface area contributed by atoms with Gasteiger partial charge in [-0.05, 0) is 12.2 Å². The van der Waals surface area contributed by atoms with Crippen LogP contribution in [0.5, 0.6) is 0 Å². The molecular weight excluding hydrogens is 262 g/mol. The van der Waals surface area contributed by atoms with Crippen molar-refractivity contribution >= 4 is 39.6 Å². The highest BCUT2D eigenvalue weighted by atomic mass is 32.1. The minimum Gasteiger partial charge on any atom is -0.351 e. The van der Waals surface area contributed by atoms with Crippen molar-refractivity contribution in [3.63, 3.8) is 0 Å². The van der Waals surface area contributed by atoms with Crippen LogP contribution in [0.25, 0.3) is 0 Å². The molecule has 2 N–H and O–H groups in total. The summed E-state index contributed by atoms with van der Waals surface area (Å²) in [5.41, 5.74) is 0.187. The Morgan fingerprint density at radius 1 is 1.71 bits per heavy atom. The van der Waals surface area contributed by atoms with E-state index in [2.05, 4.69) is 16.6 Å². The van der Waals surface area contributed by atoms with E-state index in [1.807, 2.05) is 0 Å². The number of hydrogen-bond donors (Lipinski definition) is 2. The van der Waals surface area contributed by atoms with Gasteiger partial charge in [0, 0.05) is 11.4 Å². The second-order valence-corrected chi connectivity index (χ2v) is 4.07. The summed E-state index contributed by atoms with van der Waals surface area (Å²) in [6.07, 6.45) is 5.00. The Bertz CT molecular complexity index is 504. The number of carbonyl (C=O) groups excluding carboxylic acids is 1. The molecule has 1 aromatic heterocycles. The molecule has 0 bridgehead atoms. The molecule has 0 saturated heterocycles. The fourth-order valence-corrected chi connectivity index (χ4v) is 1.76. The molecule has 0 aliphatic rings. The predicted octanol–water partition coefficient (Wildman–Crippen LogP) is 0.894. The molecule has 17 heavy (non-hydrogen) atoms.